The summed E-state index contributed by atoms with van der Waals surface area (Å²) in [6.07, 6.45) is 0.574. The van der Waals surface area contributed by atoms with Gasteiger partial charge in [0.2, 0.25) is 15.8 Å². The molecule has 1 N–H and O–H groups in total. The fourth-order valence-electron chi connectivity index (χ4n) is 0.735. The minimum absolute atomic E-state index is 0.00299. The van der Waals surface area contributed by atoms with Crippen molar-refractivity contribution in [3.8, 4) is 0 Å². The molecule has 0 spiro atoms. The van der Waals surface area contributed by atoms with Crippen LogP contribution in [0.3, 0.4) is 0 Å². The van der Waals surface area contributed by atoms with Crippen molar-refractivity contribution in [1.29, 1.82) is 0 Å². The number of anilines is 1. The van der Waals surface area contributed by atoms with Crippen LogP contribution in [0.5, 0.6) is 0 Å². The predicted molar refractivity (Wildman–Crippen MR) is 46.8 cm³/mol. The molecule has 0 fully saturated rings. The second-order valence-corrected chi connectivity index (χ2v) is 4.43. The highest BCUT2D eigenvalue weighted by molar-refractivity contribution is 7.92. The van der Waals surface area contributed by atoms with Gasteiger partial charge in [0.1, 0.15) is 5.69 Å². The lowest BCUT2D eigenvalue weighted by atomic mass is 10.3. The molecule has 7 heteroatoms. The molecule has 0 radical (unpaired) electrons. The van der Waals surface area contributed by atoms with E-state index in [4.69, 9.17) is 0 Å². The number of aryl methyl sites for hydroxylation is 1. The minimum Gasteiger partial charge on any atom is -0.263 e. The zero-order valence-corrected chi connectivity index (χ0v) is 8.26. The van der Waals surface area contributed by atoms with E-state index in [0.29, 0.717) is 12.1 Å². The van der Waals surface area contributed by atoms with Crippen molar-refractivity contribution in [2.45, 2.75) is 20.3 Å². The molecule has 0 amide bonds. The van der Waals surface area contributed by atoms with E-state index in [1.54, 1.807) is 6.92 Å². The van der Waals surface area contributed by atoms with Crippen molar-refractivity contribution in [2.24, 2.45) is 0 Å². The van der Waals surface area contributed by atoms with E-state index < -0.39 is 10.0 Å². The van der Waals surface area contributed by atoms with Gasteiger partial charge in [0, 0.05) is 0 Å². The monoisotopic (exact) mass is 205 g/mol. The third-order valence-electron chi connectivity index (χ3n) is 1.52. The Labute approximate surface area is 76.3 Å². The molecule has 0 aromatic carbocycles. The van der Waals surface area contributed by atoms with Gasteiger partial charge >= 0.3 is 0 Å². The van der Waals surface area contributed by atoms with Gasteiger partial charge in [-0.2, -0.15) is 0 Å². The van der Waals surface area contributed by atoms with E-state index in [2.05, 4.69) is 19.7 Å². The second kappa shape index (κ2) is 3.73. The summed E-state index contributed by atoms with van der Waals surface area (Å²) in [4.78, 5) is 0. The van der Waals surface area contributed by atoms with Crippen molar-refractivity contribution in [1.82, 2.24) is 10.3 Å². The van der Waals surface area contributed by atoms with Crippen molar-refractivity contribution >= 4 is 15.8 Å². The summed E-state index contributed by atoms with van der Waals surface area (Å²) in [7, 11) is -3.29. The molecule has 0 aliphatic rings. The smallest absolute Gasteiger partial charge is 0.233 e. The highest BCUT2D eigenvalue weighted by Gasteiger charge is 2.14. The number of nitrogens with zero attached hydrogens (tertiary/aromatic N) is 2. The molecule has 0 atom stereocenters. The summed E-state index contributed by atoms with van der Waals surface area (Å²) in [6.45, 7) is 3.38. The number of sulfonamides is 1. The first-order chi connectivity index (χ1) is 6.09. The zero-order chi connectivity index (χ0) is 9.90. The fraction of sp³-hybridized carbons (Fsp3) is 0.667. The summed E-state index contributed by atoms with van der Waals surface area (Å²) < 4.78 is 28.9. The van der Waals surface area contributed by atoms with Crippen LogP contribution in [0, 0.1) is 0 Å². The predicted octanol–water partition coefficient (Wildman–Crippen LogP) is 0.394. The van der Waals surface area contributed by atoms with Crippen LogP contribution in [0.4, 0.5) is 5.82 Å². The van der Waals surface area contributed by atoms with Gasteiger partial charge < -0.3 is 0 Å². The standard InChI is InChI=1S/C6H11N3O3S/c1-3-5-6(8-12-7-5)9-13(10,11)4-2/h3-4H2,1-2H3,(H,8,9). The maximum atomic E-state index is 11.1. The SMILES string of the molecule is CCc1nonc1NS(=O)(=O)CC. The molecule has 0 bridgehead atoms. The largest absolute Gasteiger partial charge is 0.263 e. The summed E-state index contributed by atoms with van der Waals surface area (Å²) in [5.41, 5.74) is 0.511. The number of hydrogen-bond acceptors (Lipinski definition) is 5. The molecule has 1 aromatic heterocycles. The Morgan fingerprint density at radius 3 is 2.62 bits per heavy atom. The van der Waals surface area contributed by atoms with Crippen molar-refractivity contribution in [3.05, 3.63) is 5.69 Å². The van der Waals surface area contributed by atoms with Crippen LogP contribution in [0.2, 0.25) is 0 Å². The van der Waals surface area contributed by atoms with Crippen LogP contribution in [0.25, 0.3) is 0 Å². The van der Waals surface area contributed by atoms with E-state index in [1.807, 2.05) is 6.92 Å². The normalized spacial score (nSPS) is 11.5. The highest BCUT2D eigenvalue weighted by atomic mass is 32.2. The topological polar surface area (TPSA) is 85.1 Å². The molecule has 1 rings (SSSR count). The van der Waals surface area contributed by atoms with Gasteiger partial charge in [0.25, 0.3) is 0 Å². The summed E-state index contributed by atoms with van der Waals surface area (Å²) in [6, 6.07) is 0. The van der Waals surface area contributed by atoms with Gasteiger partial charge in [0.15, 0.2) is 0 Å². The molecule has 74 valence electrons. The van der Waals surface area contributed by atoms with Crippen LogP contribution < -0.4 is 4.72 Å². The average Bonchev–Trinajstić information content (AvgIpc) is 2.51. The quantitative estimate of drug-likeness (QED) is 0.768. The van der Waals surface area contributed by atoms with Gasteiger partial charge in [-0.15, -0.1) is 0 Å². The van der Waals surface area contributed by atoms with Crippen molar-refractivity contribution < 1.29 is 13.0 Å². The molecular formula is C6H11N3O3S. The Balaban J connectivity index is 2.86. The minimum atomic E-state index is -3.29. The Hall–Kier alpha value is -1.11. The fourth-order valence-corrected chi connectivity index (χ4v) is 1.33. The van der Waals surface area contributed by atoms with E-state index in [9.17, 15) is 8.42 Å². The number of rotatable bonds is 4. The molecule has 1 aromatic rings. The van der Waals surface area contributed by atoms with Gasteiger partial charge in [-0.3, -0.25) is 4.72 Å². The number of aromatic nitrogens is 2. The molecule has 1 heterocycles. The summed E-state index contributed by atoms with van der Waals surface area (Å²) in [5.74, 6) is 0.188. The Bertz CT molecular complexity index is 370. The van der Waals surface area contributed by atoms with Crippen LogP contribution in [0.1, 0.15) is 19.5 Å². The second-order valence-electron chi connectivity index (χ2n) is 2.42. The molecule has 0 saturated carbocycles. The molecule has 0 saturated heterocycles. The van der Waals surface area contributed by atoms with Crippen LogP contribution in [-0.2, 0) is 16.4 Å². The summed E-state index contributed by atoms with van der Waals surface area (Å²) >= 11 is 0. The van der Waals surface area contributed by atoms with Crippen molar-refractivity contribution in [2.75, 3.05) is 10.5 Å². The zero-order valence-electron chi connectivity index (χ0n) is 7.44. The Morgan fingerprint density at radius 2 is 2.08 bits per heavy atom. The van der Waals surface area contributed by atoms with Gasteiger partial charge in [-0.25, -0.2) is 13.0 Å². The first-order valence-electron chi connectivity index (χ1n) is 3.91. The third-order valence-corrected chi connectivity index (χ3v) is 2.79. The van der Waals surface area contributed by atoms with Gasteiger partial charge in [-0.05, 0) is 18.5 Å². The Kier molecular flexibility index (Phi) is 2.86. The maximum Gasteiger partial charge on any atom is 0.233 e. The lowest BCUT2D eigenvalue weighted by Crippen LogP contribution is -2.15. The first kappa shape index (κ1) is 9.97. The van der Waals surface area contributed by atoms with E-state index in [1.165, 1.54) is 0 Å². The molecule has 0 aliphatic heterocycles. The van der Waals surface area contributed by atoms with Gasteiger partial charge in [0.05, 0.1) is 5.75 Å². The van der Waals surface area contributed by atoms with E-state index in [-0.39, 0.29) is 11.6 Å². The maximum absolute atomic E-state index is 11.1. The van der Waals surface area contributed by atoms with Crippen molar-refractivity contribution in [3.63, 3.8) is 0 Å². The molecule has 6 nitrogen and oxygen atoms in total. The molecule has 0 unspecified atom stereocenters. The highest BCUT2D eigenvalue weighted by Crippen LogP contribution is 2.11. The van der Waals surface area contributed by atoms with Crippen LogP contribution in [-0.4, -0.2) is 24.5 Å². The molecule has 13 heavy (non-hydrogen) atoms. The lowest BCUT2D eigenvalue weighted by Gasteiger charge is -2.00. The Morgan fingerprint density at radius 1 is 1.38 bits per heavy atom. The van der Waals surface area contributed by atoms with E-state index in [0.717, 1.165) is 0 Å². The van der Waals surface area contributed by atoms with Crippen LogP contribution in [0.15, 0.2) is 4.63 Å². The van der Waals surface area contributed by atoms with E-state index >= 15 is 0 Å². The molecular weight excluding hydrogens is 194 g/mol. The average molecular weight is 205 g/mol. The lowest BCUT2D eigenvalue weighted by molar-refractivity contribution is 0.305. The summed E-state index contributed by atoms with van der Waals surface area (Å²) in [5, 5.41) is 6.98. The number of hydrogen-bond donors (Lipinski definition) is 1. The molecule has 0 aliphatic carbocycles. The number of nitrogens with one attached hydrogen (secondary N) is 1. The van der Waals surface area contributed by atoms with Gasteiger partial charge in [-0.1, -0.05) is 12.1 Å². The van der Waals surface area contributed by atoms with Crippen LogP contribution >= 0.6 is 0 Å². The third kappa shape index (κ3) is 2.41. The first-order valence-corrected chi connectivity index (χ1v) is 5.56.